The molecule has 24 heavy (non-hydrogen) atoms. The standard InChI is InChI=1S/C20H22N4/c1-14-9-15(2)11-18(10-14)24-20-12-19(21-13-22-20)23-16(3)17-7-5-4-6-8-17/h4-13,16H,1-3H3,(H2,21,22,23,24). The molecule has 2 N–H and O–H groups in total. The molecular formula is C20H22N4. The average molecular weight is 318 g/mol. The van der Waals surface area contributed by atoms with Gasteiger partial charge in [-0.1, -0.05) is 36.4 Å². The van der Waals surface area contributed by atoms with E-state index in [1.807, 2.05) is 24.3 Å². The minimum Gasteiger partial charge on any atom is -0.363 e. The highest BCUT2D eigenvalue weighted by Crippen LogP contribution is 2.21. The molecule has 0 aliphatic rings. The molecule has 0 spiro atoms. The van der Waals surface area contributed by atoms with E-state index >= 15 is 0 Å². The highest BCUT2D eigenvalue weighted by molar-refractivity contribution is 5.60. The number of anilines is 3. The molecule has 4 heteroatoms. The number of aryl methyl sites for hydroxylation is 2. The molecule has 0 saturated carbocycles. The average Bonchev–Trinajstić information content (AvgIpc) is 2.55. The van der Waals surface area contributed by atoms with Crippen molar-refractivity contribution in [2.45, 2.75) is 26.8 Å². The number of hydrogen-bond acceptors (Lipinski definition) is 4. The maximum Gasteiger partial charge on any atom is 0.135 e. The Balaban J connectivity index is 1.74. The SMILES string of the molecule is Cc1cc(C)cc(Nc2cc(NC(C)c3ccccc3)ncn2)c1. The zero-order valence-electron chi connectivity index (χ0n) is 14.2. The fourth-order valence-electron chi connectivity index (χ4n) is 2.75. The lowest BCUT2D eigenvalue weighted by Crippen LogP contribution is -2.08. The highest BCUT2D eigenvalue weighted by Gasteiger charge is 2.06. The van der Waals surface area contributed by atoms with E-state index in [1.165, 1.54) is 16.7 Å². The van der Waals surface area contributed by atoms with Crippen molar-refractivity contribution in [2.75, 3.05) is 10.6 Å². The van der Waals surface area contributed by atoms with E-state index in [4.69, 9.17) is 0 Å². The third-order valence-electron chi connectivity index (χ3n) is 3.83. The molecule has 0 amide bonds. The van der Waals surface area contributed by atoms with Crippen LogP contribution in [0.5, 0.6) is 0 Å². The molecule has 1 atom stereocenters. The Bertz CT molecular complexity index is 795. The largest absolute Gasteiger partial charge is 0.363 e. The summed E-state index contributed by atoms with van der Waals surface area (Å²) < 4.78 is 0. The van der Waals surface area contributed by atoms with Crippen LogP contribution in [0.25, 0.3) is 0 Å². The van der Waals surface area contributed by atoms with Gasteiger partial charge in [0.1, 0.15) is 18.0 Å². The summed E-state index contributed by atoms with van der Waals surface area (Å²) >= 11 is 0. The van der Waals surface area contributed by atoms with E-state index in [1.54, 1.807) is 6.33 Å². The molecule has 3 rings (SSSR count). The van der Waals surface area contributed by atoms with Gasteiger partial charge in [0.25, 0.3) is 0 Å². The van der Waals surface area contributed by atoms with Crippen LogP contribution in [-0.2, 0) is 0 Å². The van der Waals surface area contributed by atoms with Gasteiger partial charge in [0.05, 0.1) is 0 Å². The number of nitrogens with zero attached hydrogens (tertiary/aromatic N) is 2. The molecule has 122 valence electrons. The maximum atomic E-state index is 4.32. The van der Waals surface area contributed by atoms with Crippen LogP contribution in [0.15, 0.2) is 60.9 Å². The van der Waals surface area contributed by atoms with Gasteiger partial charge < -0.3 is 10.6 Å². The molecule has 2 aromatic carbocycles. The monoisotopic (exact) mass is 318 g/mol. The fourth-order valence-corrected chi connectivity index (χ4v) is 2.75. The van der Waals surface area contributed by atoms with Gasteiger partial charge in [-0.25, -0.2) is 9.97 Å². The predicted molar refractivity (Wildman–Crippen MR) is 99.7 cm³/mol. The molecule has 1 aromatic heterocycles. The van der Waals surface area contributed by atoms with Crippen LogP contribution in [0.1, 0.15) is 29.7 Å². The van der Waals surface area contributed by atoms with Crippen molar-refractivity contribution in [1.29, 1.82) is 0 Å². The summed E-state index contributed by atoms with van der Waals surface area (Å²) in [4.78, 5) is 8.63. The van der Waals surface area contributed by atoms with Crippen LogP contribution in [0.3, 0.4) is 0 Å². The third kappa shape index (κ3) is 4.10. The Morgan fingerprint density at radius 3 is 2.21 bits per heavy atom. The molecule has 0 radical (unpaired) electrons. The quantitative estimate of drug-likeness (QED) is 0.694. The van der Waals surface area contributed by atoms with Crippen molar-refractivity contribution in [3.63, 3.8) is 0 Å². The van der Waals surface area contributed by atoms with Crippen LogP contribution >= 0.6 is 0 Å². The normalized spacial score (nSPS) is 11.8. The summed E-state index contributed by atoms with van der Waals surface area (Å²) in [5.41, 5.74) is 4.71. The Morgan fingerprint density at radius 2 is 1.50 bits per heavy atom. The zero-order chi connectivity index (χ0) is 16.9. The lowest BCUT2D eigenvalue weighted by Gasteiger charge is -2.15. The zero-order valence-corrected chi connectivity index (χ0v) is 14.2. The summed E-state index contributed by atoms with van der Waals surface area (Å²) in [6.07, 6.45) is 1.57. The molecule has 1 heterocycles. The summed E-state index contributed by atoms with van der Waals surface area (Å²) in [6.45, 7) is 6.30. The van der Waals surface area contributed by atoms with Gasteiger partial charge in [-0.05, 0) is 49.6 Å². The topological polar surface area (TPSA) is 49.8 Å². The van der Waals surface area contributed by atoms with E-state index in [2.05, 4.69) is 71.7 Å². The second-order valence-corrected chi connectivity index (χ2v) is 6.07. The van der Waals surface area contributed by atoms with Crippen molar-refractivity contribution < 1.29 is 0 Å². The van der Waals surface area contributed by atoms with Crippen molar-refractivity contribution >= 4 is 17.3 Å². The van der Waals surface area contributed by atoms with Crippen molar-refractivity contribution in [2.24, 2.45) is 0 Å². The van der Waals surface area contributed by atoms with E-state index < -0.39 is 0 Å². The lowest BCUT2D eigenvalue weighted by molar-refractivity contribution is 0.872. The molecule has 3 aromatic rings. The van der Waals surface area contributed by atoms with Gasteiger partial charge in [0.15, 0.2) is 0 Å². The Kier molecular flexibility index (Phi) is 4.75. The first-order valence-corrected chi connectivity index (χ1v) is 8.09. The number of hydrogen-bond donors (Lipinski definition) is 2. The molecule has 0 aliphatic heterocycles. The fraction of sp³-hybridized carbons (Fsp3) is 0.200. The van der Waals surface area contributed by atoms with E-state index in [0.717, 1.165) is 17.3 Å². The molecule has 0 saturated heterocycles. The van der Waals surface area contributed by atoms with Crippen molar-refractivity contribution in [1.82, 2.24) is 9.97 Å². The Labute approximate surface area is 143 Å². The van der Waals surface area contributed by atoms with Gasteiger partial charge in [0.2, 0.25) is 0 Å². The lowest BCUT2D eigenvalue weighted by atomic mass is 10.1. The van der Waals surface area contributed by atoms with Crippen LogP contribution in [0.2, 0.25) is 0 Å². The molecule has 0 fully saturated rings. The maximum absolute atomic E-state index is 4.32. The first-order valence-electron chi connectivity index (χ1n) is 8.09. The molecular weight excluding hydrogens is 296 g/mol. The number of nitrogens with one attached hydrogen (secondary N) is 2. The Morgan fingerprint density at radius 1 is 0.833 bits per heavy atom. The van der Waals surface area contributed by atoms with Crippen LogP contribution in [0.4, 0.5) is 17.3 Å². The number of benzene rings is 2. The summed E-state index contributed by atoms with van der Waals surface area (Å²) in [6, 6.07) is 18.8. The van der Waals surface area contributed by atoms with Crippen molar-refractivity contribution in [3.05, 3.63) is 77.6 Å². The Hall–Kier alpha value is -2.88. The van der Waals surface area contributed by atoms with Crippen LogP contribution in [-0.4, -0.2) is 9.97 Å². The van der Waals surface area contributed by atoms with Gasteiger partial charge in [-0.3, -0.25) is 0 Å². The van der Waals surface area contributed by atoms with E-state index in [0.29, 0.717) is 0 Å². The number of rotatable bonds is 5. The molecule has 0 aliphatic carbocycles. The molecule has 0 bridgehead atoms. The van der Waals surface area contributed by atoms with Gasteiger partial charge >= 0.3 is 0 Å². The molecule has 4 nitrogen and oxygen atoms in total. The second kappa shape index (κ2) is 7.13. The summed E-state index contributed by atoms with van der Waals surface area (Å²) in [7, 11) is 0. The summed E-state index contributed by atoms with van der Waals surface area (Å²) in [5, 5.41) is 6.76. The predicted octanol–water partition coefficient (Wildman–Crippen LogP) is 5.01. The highest BCUT2D eigenvalue weighted by atomic mass is 15.1. The van der Waals surface area contributed by atoms with Crippen LogP contribution < -0.4 is 10.6 Å². The van der Waals surface area contributed by atoms with E-state index in [-0.39, 0.29) is 6.04 Å². The van der Waals surface area contributed by atoms with E-state index in [9.17, 15) is 0 Å². The summed E-state index contributed by atoms with van der Waals surface area (Å²) in [5.74, 6) is 1.57. The number of aromatic nitrogens is 2. The van der Waals surface area contributed by atoms with Gasteiger partial charge in [0, 0.05) is 17.8 Å². The van der Waals surface area contributed by atoms with Crippen molar-refractivity contribution in [3.8, 4) is 0 Å². The van der Waals surface area contributed by atoms with Crippen LogP contribution in [0, 0.1) is 13.8 Å². The first-order chi connectivity index (χ1) is 11.6. The van der Waals surface area contributed by atoms with Gasteiger partial charge in [-0.2, -0.15) is 0 Å². The first kappa shape index (κ1) is 16.0. The second-order valence-electron chi connectivity index (χ2n) is 6.07. The molecule has 1 unspecified atom stereocenters. The minimum atomic E-state index is 0.176. The third-order valence-corrected chi connectivity index (χ3v) is 3.83. The van der Waals surface area contributed by atoms with Gasteiger partial charge in [-0.15, -0.1) is 0 Å². The minimum absolute atomic E-state index is 0.176. The smallest absolute Gasteiger partial charge is 0.135 e.